The van der Waals surface area contributed by atoms with E-state index in [0.717, 1.165) is 0 Å². The molecule has 2 amide bonds. The van der Waals surface area contributed by atoms with Crippen LogP contribution in [0.1, 0.15) is 41.5 Å². The number of hydrogen-bond donors (Lipinski definition) is 2. The SMILES string of the molecule is CC(C)NC(=O)CN1C(=O)c2cc(Br)cnc2NC1c1cccc(C#N)c1. The number of nitriles is 1. The number of rotatable bonds is 4. The molecule has 27 heavy (non-hydrogen) atoms. The van der Waals surface area contributed by atoms with Crippen molar-refractivity contribution < 1.29 is 9.59 Å². The number of nitrogens with one attached hydrogen (secondary N) is 2. The van der Waals surface area contributed by atoms with Crippen molar-refractivity contribution in [3.8, 4) is 6.07 Å². The first-order chi connectivity index (χ1) is 12.9. The van der Waals surface area contributed by atoms with Gasteiger partial charge in [-0.15, -0.1) is 0 Å². The van der Waals surface area contributed by atoms with Crippen molar-refractivity contribution in [2.75, 3.05) is 11.9 Å². The van der Waals surface area contributed by atoms with Crippen LogP contribution in [0.3, 0.4) is 0 Å². The van der Waals surface area contributed by atoms with E-state index in [0.29, 0.717) is 27.0 Å². The van der Waals surface area contributed by atoms with Gasteiger partial charge >= 0.3 is 0 Å². The summed E-state index contributed by atoms with van der Waals surface area (Å²) < 4.78 is 0.674. The second-order valence-electron chi connectivity index (χ2n) is 6.49. The molecule has 0 spiro atoms. The summed E-state index contributed by atoms with van der Waals surface area (Å²) in [6, 6.07) is 10.7. The number of nitrogens with zero attached hydrogens (tertiary/aromatic N) is 3. The number of carbonyl (C=O) groups excluding carboxylic acids is 2. The molecule has 138 valence electrons. The molecule has 0 saturated heterocycles. The molecule has 8 heteroatoms. The number of fused-ring (bicyclic) bond motifs is 1. The van der Waals surface area contributed by atoms with E-state index in [1.165, 1.54) is 4.90 Å². The highest BCUT2D eigenvalue weighted by Crippen LogP contribution is 2.33. The predicted molar refractivity (Wildman–Crippen MR) is 104 cm³/mol. The maximum Gasteiger partial charge on any atom is 0.260 e. The number of anilines is 1. The van der Waals surface area contributed by atoms with Crippen molar-refractivity contribution >= 4 is 33.6 Å². The predicted octanol–water partition coefficient (Wildman–Crippen LogP) is 2.81. The molecule has 1 aromatic carbocycles. The zero-order valence-electron chi connectivity index (χ0n) is 14.9. The fourth-order valence-corrected chi connectivity index (χ4v) is 3.26. The first-order valence-corrected chi connectivity index (χ1v) is 9.21. The van der Waals surface area contributed by atoms with Crippen molar-refractivity contribution in [1.82, 2.24) is 15.2 Å². The third-order valence-electron chi connectivity index (χ3n) is 4.03. The third-order valence-corrected chi connectivity index (χ3v) is 4.46. The summed E-state index contributed by atoms with van der Waals surface area (Å²) in [6.45, 7) is 3.61. The summed E-state index contributed by atoms with van der Waals surface area (Å²) in [5.41, 5.74) is 1.56. The van der Waals surface area contributed by atoms with Crippen molar-refractivity contribution in [3.05, 3.63) is 57.7 Å². The van der Waals surface area contributed by atoms with Crippen LogP contribution in [0.2, 0.25) is 0 Å². The summed E-state index contributed by atoms with van der Waals surface area (Å²) >= 11 is 3.32. The Hall–Kier alpha value is -2.92. The van der Waals surface area contributed by atoms with Crippen molar-refractivity contribution in [3.63, 3.8) is 0 Å². The number of benzene rings is 1. The molecule has 2 N–H and O–H groups in total. The zero-order chi connectivity index (χ0) is 19.6. The van der Waals surface area contributed by atoms with E-state index in [4.69, 9.17) is 0 Å². The molecule has 1 unspecified atom stereocenters. The van der Waals surface area contributed by atoms with E-state index < -0.39 is 6.17 Å². The Bertz CT molecular complexity index is 938. The zero-order valence-corrected chi connectivity index (χ0v) is 16.4. The average molecular weight is 428 g/mol. The van der Waals surface area contributed by atoms with Gasteiger partial charge in [-0.05, 0) is 53.5 Å². The Labute approximate surface area is 165 Å². The lowest BCUT2D eigenvalue weighted by Gasteiger charge is -2.37. The maximum absolute atomic E-state index is 13.1. The Kier molecular flexibility index (Phi) is 5.42. The lowest BCUT2D eigenvalue weighted by atomic mass is 10.0. The molecule has 2 heterocycles. The number of halogens is 1. The Morgan fingerprint density at radius 3 is 2.93 bits per heavy atom. The molecule has 0 saturated carbocycles. The van der Waals surface area contributed by atoms with Gasteiger partial charge in [0, 0.05) is 16.7 Å². The van der Waals surface area contributed by atoms with Gasteiger partial charge in [-0.25, -0.2) is 4.98 Å². The van der Waals surface area contributed by atoms with Gasteiger partial charge in [-0.2, -0.15) is 5.26 Å². The summed E-state index contributed by atoms with van der Waals surface area (Å²) in [5, 5.41) is 15.2. The summed E-state index contributed by atoms with van der Waals surface area (Å²) in [4.78, 5) is 31.2. The van der Waals surface area contributed by atoms with Crippen molar-refractivity contribution in [2.24, 2.45) is 0 Å². The van der Waals surface area contributed by atoms with Gasteiger partial charge in [0.15, 0.2) is 0 Å². The molecule has 1 aliphatic rings. The number of carbonyl (C=O) groups is 2. The molecule has 1 aliphatic heterocycles. The molecule has 0 bridgehead atoms. The minimum Gasteiger partial charge on any atom is -0.352 e. The highest BCUT2D eigenvalue weighted by molar-refractivity contribution is 9.10. The molecule has 2 aromatic rings. The third kappa shape index (κ3) is 4.09. The maximum atomic E-state index is 13.1. The van der Waals surface area contributed by atoms with E-state index in [1.54, 1.807) is 30.5 Å². The second kappa shape index (κ2) is 7.76. The van der Waals surface area contributed by atoms with Crippen molar-refractivity contribution in [2.45, 2.75) is 26.1 Å². The fourth-order valence-electron chi connectivity index (χ4n) is 2.92. The van der Waals surface area contributed by atoms with E-state index in [9.17, 15) is 14.9 Å². The van der Waals surface area contributed by atoms with Gasteiger partial charge in [-0.1, -0.05) is 12.1 Å². The summed E-state index contributed by atoms with van der Waals surface area (Å²) in [7, 11) is 0. The largest absolute Gasteiger partial charge is 0.352 e. The van der Waals surface area contributed by atoms with Crippen LogP contribution < -0.4 is 10.6 Å². The topological polar surface area (TPSA) is 98.1 Å². The Balaban J connectivity index is 2.02. The van der Waals surface area contributed by atoms with Crippen LogP contribution >= 0.6 is 15.9 Å². The van der Waals surface area contributed by atoms with Crippen LogP contribution in [0.15, 0.2) is 41.0 Å². The number of pyridine rings is 1. The van der Waals surface area contributed by atoms with Gasteiger partial charge in [0.05, 0.1) is 17.2 Å². The molecule has 1 atom stereocenters. The lowest BCUT2D eigenvalue weighted by molar-refractivity contribution is -0.122. The standard InChI is InChI=1S/C19H18BrN5O2/c1-11(2)23-16(26)10-25-18(13-5-3-4-12(6-13)8-21)24-17-15(19(25)27)7-14(20)9-22-17/h3-7,9,11,18H,10H2,1-2H3,(H,22,24)(H,23,26). The molecular formula is C19H18BrN5O2. The normalized spacial score (nSPS) is 15.7. The first kappa shape index (κ1) is 18.9. The van der Waals surface area contributed by atoms with Gasteiger partial charge < -0.3 is 15.5 Å². The van der Waals surface area contributed by atoms with E-state index in [2.05, 4.69) is 37.6 Å². The molecule has 0 fully saturated rings. The number of aromatic nitrogens is 1. The van der Waals surface area contributed by atoms with E-state index in [1.807, 2.05) is 19.9 Å². The molecular weight excluding hydrogens is 410 g/mol. The van der Waals surface area contributed by atoms with Gasteiger partial charge in [0.2, 0.25) is 5.91 Å². The minimum atomic E-state index is -0.607. The lowest BCUT2D eigenvalue weighted by Crippen LogP contribution is -2.49. The van der Waals surface area contributed by atoms with Crippen LogP contribution in [-0.4, -0.2) is 34.3 Å². The van der Waals surface area contributed by atoms with Gasteiger partial charge in [0.25, 0.3) is 5.91 Å². The molecule has 3 rings (SSSR count). The Morgan fingerprint density at radius 2 is 2.22 bits per heavy atom. The highest BCUT2D eigenvalue weighted by atomic mass is 79.9. The average Bonchev–Trinajstić information content (AvgIpc) is 2.63. The number of amides is 2. The van der Waals surface area contributed by atoms with Crippen LogP contribution in [-0.2, 0) is 4.79 Å². The molecule has 1 aromatic heterocycles. The summed E-state index contributed by atoms with van der Waals surface area (Å²) in [5.74, 6) is -0.118. The molecule has 0 radical (unpaired) electrons. The minimum absolute atomic E-state index is 0.0335. The second-order valence-corrected chi connectivity index (χ2v) is 7.40. The fraction of sp³-hybridized carbons (Fsp3) is 0.263. The first-order valence-electron chi connectivity index (χ1n) is 8.41. The van der Waals surface area contributed by atoms with Gasteiger partial charge in [-0.3, -0.25) is 9.59 Å². The van der Waals surface area contributed by atoms with E-state index >= 15 is 0 Å². The molecule has 7 nitrogen and oxygen atoms in total. The monoisotopic (exact) mass is 427 g/mol. The van der Waals surface area contributed by atoms with E-state index in [-0.39, 0.29) is 24.4 Å². The van der Waals surface area contributed by atoms with Crippen LogP contribution in [0.5, 0.6) is 0 Å². The highest BCUT2D eigenvalue weighted by Gasteiger charge is 2.35. The summed E-state index contributed by atoms with van der Waals surface area (Å²) in [6.07, 6.45) is 0.994. The smallest absolute Gasteiger partial charge is 0.260 e. The van der Waals surface area contributed by atoms with Crippen molar-refractivity contribution in [1.29, 1.82) is 5.26 Å². The quantitative estimate of drug-likeness (QED) is 0.781. The van der Waals surface area contributed by atoms with Crippen LogP contribution in [0.25, 0.3) is 0 Å². The molecule has 0 aliphatic carbocycles. The van der Waals surface area contributed by atoms with Crippen LogP contribution in [0, 0.1) is 11.3 Å². The number of hydrogen-bond acceptors (Lipinski definition) is 5. The van der Waals surface area contributed by atoms with Gasteiger partial charge in [0.1, 0.15) is 18.5 Å². The Morgan fingerprint density at radius 1 is 1.44 bits per heavy atom. The van der Waals surface area contributed by atoms with Crippen LogP contribution in [0.4, 0.5) is 5.82 Å².